The first-order valence-electron chi connectivity index (χ1n) is 11.7. The summed E-state index contributed by atoms with van der Waals surface area (Å²) in [6.07, 6.45) is 0. The van der Waals surface area contributed by atoms with Crippen LogP contribution in [0.25, 0.3) is 5.76 Å². The van der Waals surface area contributed by atoms with E-state index in [9.17, 15) is 14.7 Å². The number of ketones is 1. The van der Waals surface area contributed by atoms with Gasteiger partial charge < -0.3 is 24.1 Å². The minimum atomic E-state index is -0.931. The number of carbonyl (C=O) groups is 2. The van der Waals surface area contributed by atoms with Crippen molar-refractivity contribution in [2.45, 2.75) is 19.9 Å². The molecule has 0 bridgehead atoms. The van der Waals surface area contributed by atoms with Crippen LogP contribution in [0.1, 0.15) is 29.7 Å². The zero-order chi connectivity index (χ0) is 26.7. The Morgan fingerprint density at radius 3 is 2.24 bits per heavy atom. The molecule has 0 aromatic heterocycles. The molecule has 3 aromatic carbocycles. The average molecular weight is 504 g/mol. The van der Waals surface area contributed by atoms with Crippen molar-refractivity contribution in [1.29, 1.82) is 0 Å². The van der Waals surface area contributed by atoms with Gasteiger partial charge in [-0.25, -0.2) is 0 Å². The molecule has 1 N–H and O–H groups in total. The van der Waals surface area contributed by atoms with Crippen molar-refractivity contribution in [3.63, 3.8) is 0 Å². The van der Waals surface area contributed by atoms with E-state index in [1.807, 2.05) is 13.8 Å². The number of anilines is 1. The van der Waals surface area contributed by atoms with Crippen molar-refractivity contribution in [1.82, 2.24) is 0 Å². The Bertz CT molecular complexity index is 1380. The van der Waals surface area contributed by atoms with Crippen molar-refractivity contribution in [2.75, 3.05) is 32.8 Å². The third kappa shape index (κ3) is 4.70. The summed E-state index contributed by atoms with van der Waals surface area (Å²) in [5.41, 5.74) is 2.14. The van der Waals surface area contributed by atoms with E-state index in [-0.39, 0.29) is 11.3 Å². The molecule has 1 atom stereocenters. The number of aryl methyl sites for hydroxylation is 1. The van der Waals surface area contributed by atoms with Gasteiger partial charge in [-0.05, 0) is 67.4 Å². The van der Waals surface area contributed by atoms with Crippen LogP contribution in [0.15, 0.2) is 66.2 Å². The Hall–Kier alpha value is -4.46. The highest BCUT2D eigenvalue weighted by atomic mass is 16.5. The van der Waals surface area contributed by atoms with E-state index in [1.165, 1.54) is 19.1 Å². The van der Waals surface area contributed by atoms with Gasteiger partial charge in [0, 0.05) is 17.3 Å². The highest BCUT2D eigenvalue weighted by Crippen LogP contribution is 2.44. The van der Waals surface area contributed by atoms with Crippen LogP contribution in [-0.4, -0.2) is 44.7 Å². The summed E-state index contributed by atoms with van der Waals surface area (Å²) in [6.45, 7) is 4.14. The Morgan fingerprint density at radius 2 is 1.59 bits per heavy atom. The SMILES string of the molecule is CCOc1cccc(N2C(=O)C(=O)/C(=C(\O)c3ccc(OC)c(C)c3)C2c2ccc(OC)c(OC)c2)c1. The molecule has 4 rings (SSSR count). The summed E-state index contributed by atoms with van der Waals surface area (Å²) in [7, 11) is 4.58. The van der Waals surface area contributed by atoms with Crippen LogP contribution in [0.3, 0.4) is 0 Å². The monoisotopic (exact) mass is 503 g/mol. The molecule has 1 aliphatic heterocycles. The molecule has 1 unspecified atom stereocenters. The molecule has 8 heteroatoms. The summed E-state index contributed by atoms with van der Waals surface area (Å²) in [4.78, 5) is 28.3. The van der Waals surface area contributed by atoms with Crippen molar-refractivity contribution >= 4 is 23.1 Å². The number of methoxy groups -OCH3 is 3. The molecular formula is C29H29NO7. The van der Waals surface area contributed by atoms with Crippen LogP contribution < -0.4 is 23.8 Å². The van der Waals surface area contributed by atoms with Crippen LogP contribution in [-0.2, 0) is 9.59 Å². The van der Waals surface area contributed by atoms with Crippen LogP contribution in [0.4, 0.5) is 5.69 Å². The molecule has 1 saturated heterocycles. The Balaban J connectivity index is 1.96. The predicted octanol–water partition coefficient (Wildman–Crippen LogP) is 5.05. The van der Waals surface area contributed by atoms with E-state index in [4.69, 9.17) is 18.9 Å². The number of hydrogen-bond acceptors (Lipinski definition) is 7. The van der Waals surface area contributed by atoms with E-state index in [1.54, 1.807) is 67.8 Å². The normalized spacial score (nSPS) is 16.6. The minimum absolute atomic E-state index is 0.0383. The lowest BCUT2D eigenvalue weighted by molar-refractivity contribution is -0.132. The maximum atomic E-state index is 13.5. The van der Waals surface area contributed by atoms with Gasteiger partial charge in [0.25, 0.3) is 11.7 Å². The van der Waals surface area contributed by atoms with E-state index >= 15 is 0 Å². The Labute approximate surface area is 215 Å². The zero-order valence-corrected chi connectivity index (χ0v) is 21.4. The third-order valence-electron chi connectivity index (χ3n) is 6.24. The smallest absolute Gasteiger partial charge is 0.300 e. The van der Waals surface area contributed by atoms with Gasteiger partial charge in [-0.15, -0.1) is 0 Å². The molecule has 1 heterocycles. The highest BCUT2D eigenvalue weighted by molar-refractivity contribution is 6.51. The number of amides is 1. The number of aliphatic hydroxyl groups is 1. The second kappa shape index (κ2) is 10.7. The number of rotatable bonds is 8. The lowest BCUT2D eigenvalue weighted by Gasteiger charge is -2.26. The quantitative estimate of drug-likeness (QED) is 0.261. The molecular weight excluding hydrogens is 474 g/mol. The minimum Gasteiger partial charge on any atom is -0.507 e. The van der Waals surface area contributed by atoms with E-state index in [2.05, 4.69) is 0 Å². The maximum absolute atomic E-state index is 13.5. The summed E-state index contributed by atoms with van der Waals surface area (Å²) >= 11 is 0. The van der Waals surface area contributed by atoms with Crippen molar-refractivity contribution in [3.05, 3.63) is 82.9 Å². The van der Waals surface area contributed by atoms with Crippen molar-refractivity contribution in [3.8, 4) is 23.0 Å². The molecule has 0 aliphatic carbocycles. The van der Waals surface area contributed by atoms with Gasteiger partial charge in [0.05, 0.1) is 39.6 Å². The summed E-state index contributed by atoms with van der Waals surface area (Å²) in [6, 6.07) is 16.2. The van der Waals surface area contributed by atoms with Crippen LogP contribution in [0.5, 0.6) is 23.0 Å². The number of aliphatic hydroxyl groups excluding tert-OH is 1. The number of carbonyl (C=O) groups excluding carboxylic acids is 2. The fraction of sp³-hybridized carbons (Fsp3) is 0.241. The summed E-state index contributed by atoms with van der Waals surface area (Å²) in [5.74, 6) is 0.265. The van der Waals surface area contributed by atoms with E-state index in [0.717, 1.165) is 5.56 Å². The fourth-order valence-corrected chi connectivity index (χ4v) is 4.51. The summed E-state index contributed by atoms with van der Waals surface area (Å²) in [5, 5.41) is 11.4. The molecule has 37 heavy (non-hydrogen) atoms. The van der Waals surface area contributed by atoms with Gasteiger partial charge in [-0.2, -0.15) is 0 Å². The lowest BCUT2D eigenvalue weighted by atomic mass is 9.94. The largest absolute Gasteiger partial charge is 0.507 e. The first kappa shape index (κ1) is 25.6. The molecule has 1 amide bonds. The number of hydrogen-bond donors (Lipinski definition) is 1. The predicted molar refractivity (Wildman–Crippen MR) is 140 cm³/mol. The molecule has 3 aromatic rings. The maximum Gasteiger partial charge on any atom is 0.300 e. The average Bonchev–Trinajstić information content (AvgIpc) is 3.18. The van der Waals surface area contributed by atoms with Crippen LogP contribution in [0, 0.1) is 6.92 Å². The fourth-order valence-electron chi connectivity index (χ4n) is 4.51. The van der Waals surface area contributed by atoms with E-state index in [0.29, 0.717) is 46.4 Å². The van der Waals surface area contributed by atoms with Crippen LogP contribution >= 0.6 is 0 Å². The molecule has 1 aliphatic rings. The second-order valence-corrected chi connectivity index (χ2v) is 8.40. The number of Topliss-reactive ketones (excluding diaryl/α,β-unsaturated/α-hetero) is 1. The van der Waals surface area contributed by atoms with Gasteiger partial charge in [0.2, 0.25) is 0 Å². The standard InChI is InChI=1S/C29H29NO7/c1-6-37-21-9-7-8-20(16-21)30-26(18-10-13-23(35-4)24(15-18)36-5)25(28(32)29(30)33)27(31)19-11-12-22(34-3)17(2)14-19/h7-16,26,31H,6H2,1-5H3/b27-25-. The lowest BCUT2D eigenvalue weighted by Crippen LogP contribution is -2.29. The van der Waals surface area contributed by atoms with Gasteiger partial charge in [0.1, 0.15) is 17.3 Å². The zero-order valence-electron chi connectivity index (χ0n) is 21.4. The first-order valence-corrected chi connectivity index (χ1v) is 11.7. The third-order valence-corrected chi connectivity index (χ3v) is 6.24. The number of nitrogens with zero attached hydrogens (tertiary/aromatic N) is 1. The van der Waals surface area contributed by atoms with Gasteiger partial charge in [-0.3, -0.25) is 14.5 Å². The molecule has 192 valence electrons. The van der Waals surface area contributed by atoms with Gasteiger partial charge in [0.15, 0.2) is 11.5 Å². The molecule has 8 nitrogen and oxygen atoms in total. The Kier molecular flexibility index (Phi) is 7.38. The number of benzene rings is 3. The van der Waals surface area contributed by atoms with Crippen molar-refractivity contribution in [2.24, 2.45) is 0 Å². The topological polar surface area (TPSA) is 94.5 Å². The van der Waals surface area contributed by atoms with E-state index < -0.39 is 17.7 Å². The molecule has 0 saturated carbocycles. The number of ether oxygens (including phenoxy) is 4. The second-order valence-electron chi connectivity index (χ2n) is 8.40. The molecule has 0 radical (unpaired) electrons. The highest BCUT2D eigenvalue weighted by Gasteiger charge is 2.47. The van der Waals surface area contributed by atoms with Gasteiger partial charge >= 0.3 is 0 Å². The molecule has 0 spiro atoms. The van der Waals surface area contributed by atoms with Crippen molar-refractivity contribution < 1.29 is 33.6 Å². The summed E-state index contributed by atoms with van der Waals surface area (Å²) < 4.78 is 21.8. The van der Waals surface area contributed by atoms with Gasteiger partial charge in [-0.1, -0.05) is 12.1 Å². The molecule has 1 fully saturated rings. The van der Waals surface area contributed by atoms with Crippen LogP contribution in [0.2, 0.25) is 0 Å². The first-order chi connectivity index (χ1) is 17.8. The Morgan fingerprint density at radius 1 is 0.892 bits per heavy atom.